The van der Waals surface area contributed by atoms with Gasteiger partial charge in [-0.15, -0.1) is 0 Å². The molecule has 0 fully saturated rings. The van der Waals surface area contributed by atoms with Crippen LogP contribution in [0.5, 0.6) is 0 Å². The molecule has 1 heterocycles. The number of carbonyl (C=O) groups is 2. The van der Waals surface area contributed by atoms with Crippen LogP contribution < -0.4 is 44.9 Å². The molecule has 0 aliphatic heterocycles. The van der Waals surface area contributed by atoms with Crippen molar-refractivity contribution in [3.63, 3.8) is 0 Å². The number of halogens is 5. The number of amides is 1. The Kier molecular flexibility index (Phi) is 12.7. The largest absolute Gasteiger partial charge is 1.00 e. The summed E-state index contributed by atoms with van der Waals surface area (Å²) in [6, 6.07) is 11.6. The summed E-state index contributed by atoms with van der Waals surface area (Å²) >= 11 is 12.0. The summed E-state index contributed by atoms with van der Waals surface area (Å²) < 4.78 is 37.9. The summed E-state index contributed by atoms with van der Waals surface area (Å²) in [5.74, 6) is -1.97. The Balaban J connectivity index is 0.00000533. The van der Waals surface area contributed by atoms with Crippen LogP contribution in [0.2, 0.25) is 10.0 Å². The van der Waals surface area contributed by atoms with Crippen molar-refractivity contribution in [1.29, 1.82) is 0 Å². The zero-order valence-corrected chi connectivity index (χ0v) is 24.3. The average molecular weight is 589 g/mol. The third-order valence-electron chi connectivity index (χ3n) is 5.30. The number of benzene rings is 2. The average Bonchev–Trinajstić information content (AvgIpc) is 2.86. The van der Waals surface area contributed by atoms with Gasteiger partial charge in [-0.1, -0.05) is 53.6 Å². The molecule has 0 aliphatic carbocycles. The molecule has 0 saturated carbocycles. The topological polar surface area (TPSA) is 98.2 Å². The minimum absolute atomic E-state index is 0. The number of carbonyl (C=O) groups excluding carboxylic acids is 2. The molecule has 1 aromatic heterocycles. The quantitative estimate of drug-likeness (QED) is 0.345. The number of hydrogen-bond acceptors (Lipinski definition) is 6. The molecule has 0 spiro atoms. The number of aromatic nitrogens is 2. The second-order valence-electron chi connectivity index (χ2n) is 8.09. The minimum atomic E-state index is -4.26. The molecule has 0 bridgehead atoms. The Hall–Kier alpha value is -2.63. The molecule has 200 valence electrons. The molecule has 3 rings (SSSR count). The van der Waals surface area contributed by atoms with Gasteiger partial charge in [0.05, 0.1) is 27.6 Å². The Labute approximate surface area is 255 Å². The molecule has 13 heteroatoms. The Morgan fingerprint density at radius 1 is 1.03 bits per heavy atom. The van der Waals surface area contributed by atoms with Crippen LogP contribution >= 0.6 is 23.2 Å². The molecule has 0 saturated heterocycles. The molecular weight excluding hydrogens is 567 g/mol. The minimum Gasteiger partial charge on any atom is -0.548 e. The van der Waals surface area contributed by atoms with Crippen molar-refractivity contribution in [3.8, 4) is 0 Å². The molecule has 1 N–H and O–H groups in total. The maximum Gasteiger partial charge on any atom is 1.00 e. The first-order valence-electron chi connectivity index (χ1n) is 11.4. The van der Waals surface area contributed by atoms with E-state index in [1.807, 2.05) is 0 Å². The predicted octanol–water partition coefficient (Wildman–Crippen LogP) is 2.22. The standard InChI is InChI=1S/C26H23Cl2F3N4O3.Na/c27-19-6-2-7-20(28)22(19)23(36)34-21(24(37)38)8-1-5-17-9-11-18(12-10-17)35(16-3-13-26(29,30)31)25-32-14-4-15-33-25;/h1-2,4-7,9-12,14-15,21H,3,8,13,16H2,(H,34,36)(H,37,38);/q;+1/p-1/b5-1+;. The maximum absolute atomic E-state index is 12.6. The number of carboxylic acids is 1. The van der Waals surface area contributed by atoms with Crippen molar-refractivity contribution in [1.82, 2.24) is 15.3 Å². The van der Waals surface area contributed by atoms with Gasteiger partial charge in [0.25, 0.3) is 5.91 Å². The SMILES string of the molecule is O=C(NC(C/C=C/c1ccc(N(CCCC(F)(F)F)c2ncccn2)cc1)C(=O)[O-])c1c(Cl)cccc1Cl.[Na+]. The Morgan fingerprint density at radius 2 is 1.64 bits per heavy atom. The van der Waals surface area contributed by atoms with Crippen molar-refractivity contribution in [2.75, 3.05) is 11.4 Å². The van der Waals surface area contributed by atoms with E-state index in [4.69, 9.17) is 23.2 Å². The van der Waals surface area contributed by atoms with Gasteiger partial charge >= 0.3 is 35.7 Å². The molecule has 1 unspecified atom stereocenters. The van der Waals surface area contributed by atoms with E-state index in [2.05, 4.69) is 15.3 Å². The predicted molar refractivity (Wildman–Crippen MR) is 137 cm³/mol. The van der Waals surface area contributed by atoms with E-state index in [0.717, 1.165) is 0 Å². The third-order valence-corrected chi connectivity index (χ3v) is 5.93. The third kappa shape index (κ3) is 10.1. The van der Waals surface area contributed by atoms with Crippen molar-refractivity contribution in [3.05, 3.63) is 88.2 Å². The molecule has 1 atom stereocenters. The van der Waals surface area contributed by atoms with Gasteiger partial charge in [0.15, 0.2) is 0 Å². The van der Waals surface area contributed by atoms with Crippen LogP contribution in [0, 0.1) is 0 Å². The zero-order chi connectivity index (χ0) is 27.7. The number of alkyl halides is 3. The molecule has 0 radical (unpaired) electrons. The number of hydrogen-bond donors (Lipinski definition) is 1. The van der Waals surface area contributed by atoms with Crippen LogP contribution in [-0.4, -0.2) is 40.6 Å². The van der Waals surface area contributed by atoms with Gasteiger partial charge in [-0.3, -0.25) is 4.79 Å². The molecule has 7 nitrogen and oxygen atoms in total. The van der Waals surface area contributed by atoms with E-state index in [-0.39, 0.29) is 70.5 Å². The molecule has 1 amide bonds. The monoisotopic (exact) mass is 588 g/mol. The molecular formula is C26H22Cl2F3N4NaO3. The summed E-state index contributed by atoms with van der Waals surface area (Å²) in [6.45, 7) is 0.0567. The fourth-order valence-corrected chi connectivity index (χ4v) is 4.05. The van der Waals surface area contributed by atoms with E-state index in [1.165, 1.54) is 24.5 Å². The fourth-order valence-electron chi connectivity index (χ4n) is 3.48. The van der Waals surface area contributed by atoms with Gasteiger partial charge in [-0.25, -0.2) is 9.97 Å². The number of aliphatic carboxylic acids is 1. The molecule has 39 heavy (non-hydrogen) atoms. The van der Waals surface area contributed by atoms with Gasteiger partial charge < -0.3 is 20.1 Å². The number of carboxylic acid groups (broad SMARTS) is 1. The second-order valence-corrected chi connectivity index (χ2v) is 8.90. The fraction of sp³-hybridized carbons (Fsp3) is 0.231. The van der Waals surface area contributed by atoms with Crippen LogP contribution in [0.15, 0.2) is 67.0 Å². The van der Waals surface area contributed by atoms with E-state index >= 15 is 0 Å². The van der Waals surface area contributed by atoms with Gasteiger partial charge in [0.2, 0.25) is 5.95 Å². The van der Waals surface area contributed by atoms with E-state index < -0.39 is 30.5 Å². The Morgan fingerprint density at radius 3 is 2.21 bits per heavy atom. The number of nitrogens with one attached hydrogen (secondary N) is 1. The first-order chi connectivity index (χ1) is 18.0. The van der Waals surface area contributed by atoms with E-state index in [9.17, 15) is 27.9 Å². The second kappa shape index (κ2) is 15.2. The smallest absolute Gasteiger partial charge is 0.548 e. The van der Waals surface area contributed by atoms with Gasteiger partial charge in [0.1, 0.15) is 0 Å². The van der Waals surface area contributed by atoms with E-state index in [1.54, 1.807) is 53.5 Å². The summed E-state index contributed by atoms with van der Waals surface area (Å²) in [7, 11) is 0. The normalized spacial score (nSPS) is 12.0. The van der Waals surface area contributed by atoms with Gasteiger partial charge in [-0.2, -0.15) is 13.2 Å². The van der Waals surface area contributed by atoms with Crippen LogP contribution in [-0.2, 0) is 4.79 Å². The molecule has 0 aliphatic rings. The van der Waals surface area contributed by atoms with Crippen molar-refractivity contribution >= 4 is 52.8 Å². The van der Waals surface area contributed by atoms with Crippen molar-refractivity contribution < 1.29 is 57.4 Å². The molecule has 3 aromatic rings. The zero-order valence-electron chi connectivity index (χ0n) is 20.8. The summed E-state index contributed by atoms with van der Waals surface area (Å²) in [6.07, 6.45) is 0.770. The van der Waals surface area contributed by atoms with Crippen molar-refractivity contribution in [2.45, 2.75) is 31.5 Å². The molecule has 2 aromatic carbocycles. The first kappa shape index (κ1) is 32.6. The number of nitrogens with zero attached hydrogens (tertiary/aromatic N) is 3. The number of rotatable bonds is 11. The summed E-state index contributed by atoms with van der Waals surface area (Å²) in [4.78, 5) is 33.9. The van der Waals surface area contributed by atoms with Gasteiger partial charge in [-0.05, 0) is 48.7 Å². The van der Waals surface area contributed by atoms with Gasteiger partial charge in [0, 0.05) is 31.0 Å². The maximum atomic E-state index is 12.6. The van der Waals surface area contributed by atoms with Crippen LogP contribution in [0.4, 0.5) is 24.8 Å². The van der Waals surface area contributed by atoms with Crippen LogP contribution in [0.25, 0.3) is 6.08 Å². The first-order valence-corrected chi connectivity index (χ1v) is 12.1. The summed E-state index contributed by atoms with van der Waals surface area (Å²) in [5.41, 5.74) is 1.24. The van der Waals surface area contributed by atoms with Crippen LogP contribution in [0.1, 0.15) is 35.2 Å². The number of anilines is 2. The summed E-state index contributed by atoms with van der Waals surface area (Å²) in [5, 5.41) is 14.1. The van der Waals surface area contributed by atoms with Crippen LogP contribution in [0.3, 0.4) is 0 Å². The Bertz CT molecular complexity index is 1260. The van der Waals surface area contributed by atoms with E-state index in [0.29, 0.717) is 11.3 Å². The van der Waals surface area contributed by atoms with Crippen molar-refractivity contribution in [2.24, 2.45) is 0 Å².